The normalized spacial score (nSPS) is 15.8. The largest absolute Gasteiger partial charge is 0.346 e. The predicted molar refractivity (Wildman–Crippen MR) is 81.8 cm³/mol. The maximum atomic E-state index is 8.81. The molecule has 1 fully saturated rings. The fourth-order valence-corrected chi connectivity index (χ4v) is 2.88. The van der Waals surface area contributed by atoms with Crippen LogP contribution in [0, 0.1) is 17.2 Å². The van der Waals surface area contributed by atoms with E-state index >= 15 is 0 Å². The van der Waals surface area contributed by atoms with Crippen molar-refractivity contribution >= 4 is 0 Å². The number of nitrogens with zero attached hydrogens (tertiary/aromatic N) is 2. The first kappa shape index (κ1) is 13.8. The first-order valence-corrected chi connectivity index (χ1v) is 7.56. The van der Waals surface area contributed by atoms with Gasteiger partial charge in [-0.15, -0.1) is 0 Å². The fraction of sp³-hybridized carbons (Fsp3) is 0.412. The Morgan fingerprint density at radius 1 is 1.19 bits per heavy atom. The molecule has 3 rings (SSSR count). The lowest BCUT2D eigenvalue weighted by molar-refractivity contribution is 0.368. The molecule has 1 saturated heterocycles. The molecule has 1 aromatic carbocycles. The summed E-state index contributed by atoms with van der Waals surface area (Å²) in [5.41, 5.74) is 3.05. The van der Waals surface area contributed by atoms with Gasteiger partial charge in [0.1, 0.15) is 5.82 Å². The van der Waals surface area contributed by atoms with Crippen LogP contribution in [0.1, 0.15) is 35.5 Å². The summed E-state index contributed by atoms with van der Waals surface area (Å²) in [4.78, 5) is 7.95. The monoisotopic (exact) mass is 280 g/mol. The summed E-state index contributed by atoms with van der Waals surface area (Å²) in [7, 11) is 0. The molecular weight excluding hydrogens is 260 g/mol. The van der Waals surface area contributed by atoms with Gasteiger partial charge in [-0.3, -0.25) is 0 Å². The molecule has 2 heterocycles. The van der Waals surface area contributed by atoms with Crippen LogP contribution in [0.2, 0.25) is 0 Å². The average Bonchev–Trinajstić information content (AvgIpc) is 2.96. The van der Waals surface area contributed by atoms with E-state index in [1.54, 1.807) is 0 Å². The van der Waals surface area contributed by atoms with E-state index in [2.05, 4.69) is 21.4 Å². The van der Waals surface area contributed by atoms with Gasteiger partial charge >= 0.3 is 0 Å². The Balaban J connectivity index is 1.60. The lowest BCUT2D eigenvalue weighted by Gasteiger charge is -2.21. The third kappa shape index (κ3) is 3.71. The number of aromatic nitrogens is 2. The summed E-state index contributed by atoms with van der Waals surface area (Å²) in [6.45, 7) is 2.26. The Morgan fingerprint density at radius 2 is 1.95 bits per heavy atom. The van der Waals surface area contributed by atoms with Crippen molar-refractivity contribution in [2.45, 2.75) is 25.7 Å². The van der Waals surface area contributed by atoms with Crippen LogP contribution in [0.5, 0.6) is 0 Å². The van der Waals surface area contributed by atoms with Crippen LogP contribution in [0.3, 0.4) is 0 Å². The zero-order valence-corrected chi connectivity index (χ0v) is 12.1. The van der Waals surface area contributed by atoms with E-state index in [1.165, 1.54) is 18.4 Å². The number of imidazole rings is 1. The van der Waals surface area contributed by atoms with Crippen LogP contribution < -0.4 is 5.32 Å². The molecule has 21 heavy (non-hydrogen) atoms. The highest BCUT2D eigenvalue weighted by Crippen LogP contribution is 2.17. The van der Waals surface area contributed by atoms with Crippen LogP contribution in [-0.2, 0) is 12.8 Å². The molecule has 0 radical (unpaired) electrons. The predicted octanol–water partition coefficient (Wildman–Crippen LogP) is 2.41. The second-order valence-electron chi connectivity index (χ2n) is 5.74. The number of nitrogens with one attached hydrogen (secondary N) is 2. The summed E-state index contributed by atoms with van der Waals surface area (Å²) < 4.78 is 0. The van der Waals surface area contributed by atoms with Crippen molar-refractivity contribution < 1.29 is 0 Å². The molecule has 0 aliphatic carbocycles. The van der Waals surface area contributed by atoms with Gasteiger partial charge in [-0.25, -0.2) is 4.98 Å². The second-order valence-corrected chi connectivity index (χ2v) is 5.74. The Labute approximate surface area is 125 Å². The van der Waals surface area contributed by atoms with Crippen LogP contribution in [0.15, 0.2) is 30.5 Å². The minimum Gasteiger partial charge on any atom is -0.346 e. The number of hydrogen-bond donors (Lipinski definition) is 2. The van der Waals surface area contributed by atoms with E-state index in [-0.39, 0.29) is 0 Å². The Hall–Kier alpha value is -2.12. The maximum absolute atomic E-state index is 8.81. The SMILES string of the molecule is N#Cc1ccc(Cc2cnc(CC3CCNCC3)[nH]2)cc1. The molecule has 2 N–H and O–H groups in total. The van der Waals surface area contributed by atoms with Gasteiger partial charge in [0.15, 0.2) is 0 Å². The van der Waals surface area contributed by atoms with Crippen LogP contribution >= 0.6 is 0 Å². The third-order valence-corrected chi connectivity index (χ3v) is 4.10. The van der Waals surface area contributed by atoms with Gasteiger partial charge in [-0.05, 0) is 49.5 Å². The zero-order valence-electron chi connectivity index (χ0n) is 12.1. The molecule has 0 bridgehead atoms. The quantitative estimate of drug-likeness (QED) is 0.904. The smallest absolute Gasteiger partial charge is 0.106 e. The standard InChI is InChI=1S/C17H20N4/c18-11-15-3-1-13(2-4-15)9-16-12-20-17(21-16)10-14-5-7-19-8-6-14/h1-4,12,14,19H,5-10H2,(H,20,21). The molecule has 2 aromatic rings. The molecule has 1 aromatic heterocycles. The topological polar surface area (TPSA) is 64.5 Å². The van der Waals surface area contributed by atoms with Crippen molar-refractivity contribution in [1.29, 1.82) is 5.26 Å². The number of nitriles is 1. The molecule has 1 aliphatic heterocycles. The van der Waals surface area contributed by atoms with E-state index in [0.717, 1.165) is 43.4 Å². The molecule has 0 amide bonds. The van der Waals surface area contributed by atoms with Crippen molar-refractivity contribution in [2.24, 2.45) is 5.92 Å². The Morgan fingerprint density at radius 3 is 2.67 bits per heavy atom. The van der Waals surface area contributed by atoms with Gasteiger partial charge in [-0.2, -0.15) is 5.26 Å². The van der Waals surface area contributed by atoms with Gasteiger partial charge < -0.3 is 10.3 Å². The fourth-order valence-electron chi connectivity index (χ4n) is 2.88. The second kappa shape index (κ2) is 6.55. The molecule has 0 spiro atoms. The van der Waals surface area contributed by atoms with E-state index < -0.39 is 0 Å². The number of H-pyrrole nitrogens is 1. The lowest BCUT2D eigenvalue weighted by atomic mass is 9.94. The molecule has 0 saturated carbocycles. The molecule has 4 heteroatoms. The van der Waals surface area contributed by atoms with E-state index in [4.69, 9.17) is 5.26 Å². The molecule has 0 unspecified atom stereocenters. The van der Waals surface area contributed by atoms with Crippen molar-refractivity contribution in [3.05, 3.63) is 53.1 Å². The zero-order chi connectivity index (χ0) is 14.5. The summed E-state index contributed by atoms with van der Waals surface area (Å²) in [6, 6.07) is 9.88. The van der Waals surface area contributed by atoms with Crippen LogP contribution in [0.25, 0.3) is 0 Å². The van der Waals surface area contributed by atoms with Crippen molar-refractivity contribution in [1.82, 2.24) is 15.3 Å². The van der Waals surface area contributed by atoms with Crippen molar-refractivity contribution in [3.63, 3.8) is 0 Å². The van der Waals surface area contributed by atoms with Crippen molar-refractivity contribution in [3.8, 4) is 6.07 Å². The van der Waals surface area contributed by atoms with Crippen LogP contribution in [0.4, 0.5) is 0 Å². The molecule has 1 aliphatic rings. The lowest BCUT2D eigenvalue weighted by Crippen LogP contribution is -2.28. The summed E-state index contributed by atoms with van der Waals surface area (Å²) in [5.74, 6) is 1.85. The number of hydrogen-bond acceptors (Lipinski definition) is 3. The summed E-state index contributed by atoms with van der Waals surface area (Å²) in [6.07, 6.45) is 6.31. The minimum absolute atomic E-state index is 0.704. The molecule has 108 valence electrons. The van der Waals surface area contributed by atoms with E-state index in [1.807, 2.05) is 30.5 Å². The molecule has 4 nitrogen and oxygen atoms in total. The summed E-state index contributed by atoms with van der Waals surface area (Å²) >= 11 is 0. The van der Waals surface area contributed by atoms with Gasteiger partial charge in [-0.1, -0.05) is 12.1 Å². The van der Waals surface area contributed by atoms with Crippen LogP contribution in [-0.4, -0.2) is 23.1 Å². The average molecular weight is 280 g/mol. The Kier molecular flexibility index (Phi) is 4.32. The van der Waals surface area contributed by atoms with Crippen molar-refractivity contribution in [2.75, 3.05) is 13.1 Å². The molecule has 0 atom stereocenters. The highest BCUT2D eigenvalue weighted by atomic mass is 14.9. The number of benzene rings is 1. The number of rotatable bonds is 4. The first-order chi connectivity index (χ1) is 10.3. The van der Waals surface area contributed by atoms with Gasteiger partial charge in [0.05, 0.1) is 11.6 Å². The first-order valence-electron chi connectivity index (χ1n) is 7.56. The van der Waals surface area contributed by atoms with Gasteiger partial charge in [0.2, 0.25) is 0 Å². The molecular formula is C17H20N4. The Bertz CT molecular complexity index is 615. The minimum atomic E-state index is 0.704. The summed E-state index contributed by atoms with van der Waals surface area (Å²) in [5, 5.41) is 12.2. The third-order valence-electron chi connectivity index (χ3n) is 4.10. The van der Waals surface area contributed by atoms with Gasteiger partial charge in [0.25, 0.3) is 0 Å². The highest BCUT2D eigenvalue weighted by Gasteiger charge is 2.15. The number of piperidine rings is 1. The highest BCUT2D eigenvalue weighted by molar-refractivity contribution is 5.33. The number of aromatic amines is 1. The van der Waals surface area contributed by atoms with E-state index in [9.17, 15) is 0 Å². The van der Waals surface area contributed by atoms with Gasteiger partial charge in [0, 0.05) is 24.7 Å². The maximum Gasteiger partial charge on any atom is 0.106 e. The van der Waals surface area contributed by atoms with E-state index in [0.29, 0.717) is 5.56 Å².